The summed E-state index contributed by atoms with van der Waals surface area (Å²) >= 11 is 0. The van der Waals surface area contributed by atoms with Gasteiger partial charge in [0.25, 0.3) is 0 Å². The third-order valence-electron chi connectivity index (χ3n) is 3.22. The van der Waals surface area contributed by atoms with Gasteiger partial charge in [-0.1, -0.05) is 0 Å². The Morgan fingerprint density at radius 2 is 1.77 bits per heavy atom. The predicted molar refractivity (Wildman–Crippen MR) is 82.3 cm³/mol. The van der Waals surface area contributed by atoms with E-state index < -0.39 is 0 Å². The zero-order valence-corrected chi connectivity index (χ0v) is 13.8. The number of methoxy groups -OCH3 is 2. The molecular weight excluding hydrogens is 288 g/mol. The number of nitrogens with zero attached hydrogens (tertiary/aromatic N) is 3. The number of ketones is 1. The molecule has 0 bridgehead atoms. The zero-order valence-electron chi connectivity index (χ0n) is 13.8. The molecule has 1 heterocycles. The third-order valence-corrected chi connectivity index (χ3v) is 3.22. The molecule has 0 atom stereocenters. The summed E-state index contributed by atoms with van der Waals surface area (Å²) in [5, 5.41) is 6.94. The maximum absolute atomic E-state index is 12.4. The van der Waals surface area contributed by atoms with Crippen molar-refractivity contribution in [3.05, 3.63) is 11.3 Å². The molecule has 1 aromatic rings. The van der Waals surface area contributed by atoms with Crippen LogP contribution in [-0.2, 0) is 16.5 Å². The second-order valence-corrected chi connectivity index (χ2v) is 4.89. The second-order valence-electron chi connectivity index (χ2n) is 4.89. The van der Waals surface area contributed by atoms with Crippen LogP contribution in [0, 0.1) is 6.92 Å². The summed E-state index contributed by atoms with van der Waals surface area (Å²) in [5.41, 5.74) is 1.01. The highest BCUT2D eigenvalue weighted by Crippen LogP contribution is 2.19. The first-order chi connectivity index (χ1) is 10.4. The molecule has 1 aromatic heterocycles. The number of hydrogen-bond donors (Lipinski definition) is 1. The number of urea groups is 1. The van der Waals surface area contributed by atoms with Gasteiger partial charge >= 0.3 is 6.03 Å². The van der Waals surface area contributed by atoms with Crippen molar-refractivity contribution < 1.29 is 19.1 Å². The van der Waals surface area contributed by atoms with Crippen LogP contribution in [-0.4, -0.2) is 67.0 Å². The SMILES string of the molecule is COCCN(CCOC)C(=O)Nc1c(C(C)=O)c(C)nn1C. The van der Waals surface area contributed by atoms with E-state index in [1.807, 2.05) is 0 Å². The van der Waals surface area contributed by atoms with E-state index in [0.29, 0.717) is 43.4 Å². The van der Waals surface area contributed by atoms with Gasteiger partial charge in [0.2, 0.25) is 0 Å². The molecule has 0 aliphatic heterocycles. The maximum Gasteiger partial charge on any atom is 0.323 e. The van der Waals surface area contributed by atoms with Crippen molar-refractivity contribution >= 4 is 17.6 Å². The molecule has 0 aliphatic rings. The number of anilines is 1. The summed E-state index contributed by atoms with van der Waals surface area (Å²) in [6, 6.07) is -0.320. The Morgan fingerprint density at radius 1 is 1.23 bits per heavy atom. The van der Waals surface area contributed by atoms with Crippen LogP contribution in [0.5, 0.6) is 0 Å². The van der Waals surface area contributed by atoms with Gasteiger partial charge in [-0.3, -0.25) is 14.8 Å². The lowest BCUT2D eigenvalue weighted by Crippen LogP contribution is -2.40. The van der Waals surface area contributed by atoms with Gasteiger partial charge < -0.3 is 14.4 Å². The topological polar surface area (TPSA) is 85.7 Å². The number of aryl methyl sites for hydroxylation is 2. The van der Waals surface area contributed by atoms with Crippen molar-refractivity contribution in [2.45, 2.75) is 13.8 Å². The largest absolute Gasteiger partial charge is 0.383 e. The molecule has 0 saturated carbocycles. The standard InChI is InChI=1S/C14H24N4O4/c1-10-12(11(2)19)13(17(3)16-10)15-14(20)18(6-8-21-4)7-9-22-5/h6-9H2,1-5H3,(H,15,20). The average Bonchev–Trinajstić information content (AvgIpc) is 2.73. The highest BCUT2D eigenvalue weighted by Gasteiger charge is 2.21. The van der Waals surface area contributed by atoms with Crippen LogP contribution in [0.4, 0.5) is 10.6 Å². The van der Waals surface area contributed by atoms with Crippen molar-refractivity contribution in [2.75, 3.05) is 45.8 Å². The van der Waals surface area contributed by atoms with E-state index in [1.54, 1.807) is 33.1 Å². The molecular formula is C14H24N4O4. The van der Waals surface area contributed by atoms with Crippen LogP contribution in [0.25, 0.3) is 0 Å². The Balaban J connectivity index is 2.90. The number of ether oxygens (including phenoxy) is 2. The number of amides is 2. The fourth-order valence-electron chi connectivity index (χ4n) is 2.12. The van der Waals surface area contributed by atoms with E-state index in [4.69, 9.17) is 9.47 Å². The number of aromatic nitrogens is 2. The fraction of sp³-hybridized carbons (Fsp3) is 0.643. The summed E-state index contributed by atoms with van der Waals surface area (Å²) in [7, 11) is 4.83. The normalized spacial score (nSPS) is 10.6. The van der Waals surface area contributed by atoms with E-state index >= 15 is 0 Å². The first-order valence-corrected chi connectivity index (χ1v) is 7.00. The number of carbonyl (C=O) groups is 2. The van der Waals surface area contributed by atoms with Gasteiger partial charge in [0.1, 0.15) is 5.82 Å². The molecule has 0 aromatic carbocycles. The smallest absolute Gasteiger partial charge is 0.323 e. The van der Waals surface area contributed by atoms with Gasteiger partial charge in [-0.2, -0.15) is 5.10 Å². The predicted octanol–water partition coefficient (Wildman–Crippen LogP) is 1.06. The number of Topliss-reactive ketones (excluding diaryl/α,β-unsaturated/α-hetero) is 1. The fourth-order valence-corrected chi connectivity index (χ4v) is 2.12. The summed E-state index contributed by atoms with van der Waals surface area (Å²) in [4.78, 5) is 25.7. The van der Waals surface area contributed by atoms with E-state index in [0.717, 1.165) is 0 Å². The first kappa shape index (κ1) is 18.1. The van der Waals surface area contributed by atoms with Crippen molar-refractivity contribution in [3.63, 3.8) is 0 Å². The number of nitrogens with one attached hydrogen (secondary N) is 1. The molecule has 1 N–H and O–H groups in total. The van der Waals surface area contributed by atoms with Gasteiger partial charge in [-0.15, -0.1) is 0 Å². The van der Waals surface area contributed by atoms with E-state index in [9.17, 15) is 9.59 Å². The Labute approximate surface area is 130 Å². The van der Waals surface area contributed by atoms with Gasteiger partial charge in [0, 0.05) is 34.4 Å². The Morgan fingerprint density at radius 3 is 2.23 bits per heavy atom. The van der Waals surface area contributed by atoms with Crippen molar-refractivity contribution in [2.24, 2.45) is 7.05 Å². The third kappa shape index (κ3) is 4.54. The van der Waals surface area contributed by atoms with Crippen molar-refractivity contribution in [3.8, 4) is 0 Å². The minimum absolute atomic E-state index is 0.138. The summed E-state index contributed by atoms with van der Waals surface area (Å²) in [5.74, 6) is 0.260. The molecule has 22 heavy (non-hydrogen) atoms. The van der Waals surface area contributed by atoms with Crippen molar-refractivity contribution in [1.29, 1.82) is 0 Å². The molecule has 0 fully saturated rings. The maximum atomic E-state index is 12.4. The molecule has 0 saturated heterocycles. The van der Waals surface area contributed by atoms with Crippen LogP contribution in [0.1, 0.15) is 23.0 Å². The molecule has 8 nitrogen and oxygen atoms in total. The quantitative estimate of drug-likeness (QED) is 0.725. The number of rotatable bonds is 8. The van der Waals surface area contributed by atoms with Crippen LogP contribution in [0.15, 0.2) is 0 Å². The highest BCUT2D eigenvalue weighted by molar-refractivity contribution is 6.03. The zero-order chi connectivity index (χ0) is 16.7. The number of hydrogen-bond acceptors (Lipinski definition) is 5. The van der Waals surface area contributed by atoms with Gasteiger partial charge in [-0.05, 0) is 13.8 Å². The monoisotopic (exact) mass is 312 g/mol. The van der Waals surface area contributed by atoms with Gasteiger partial charge in [0.05, 0.1) is 24.5 Å². The van der Waals surface area contributed by atoms with E-state index in [2.05, 4.69) is 10.4 Å². The van der Waals surface area contributed by atoms with Crippen molar-refractivity contribution in [1.82, 2.24) is 14.7 Å². The van der Waals surface area contributed by atoms with Gasteiger partial charge in [0.15, 0.2) is 5.78 Å². The molecule has 0 radical (unpaired) electrons. The van der Waals surface area contributed by atoms with E-state index in [-0.39, 0.29) is 11.8 Å². The minimum atomic E-state index is -0.320. The average molecular weight is 312 g/mol. The molecule has 0 unspecified atom stereocenters. The Hall–Kier alpha value is -1.93. The first-order valence-electron chi connectivity index (χ1n) is 7.00. The molecule has 1 rings (SSSR count). The van der Waals surface area contributed by atoms with Crippen LogP contribution < -0.4 is 5.32 Å². The lowest BCUT2D eigenvalue weighted by Gasteiger charge is -2.22. The summed E-state index contributed by atoms with van der Waals surface area (Å²) < 4.78 is 11.5. The Bertz CT molecular complexity index is 519. The molecule has 0 spiro atoms. The van der Waals surface area contributed by atoms with Gasteiger partial charge in [-0.25, -0.2) is 4.79 Å². The lowest BCUT2D eigenvalue weighted by atomic mass is 10.2. The molecule has 124 valence electrons. The summed E-state index contributed by atoms with van der Waals surface area (Å²) in [6.45, 7) is 4.88. The molecule has 2 amide bonds. The molecule has 8 heteroatoms. The highest BCUT2D eigenvalue weighted by atomic mass is 16.5. The Kier molecular flexibility index (Phi) is 7.00. The molecule has 0 aliphatic carbocycles. The van der Waals surface area contributed by atoms with Crippen LogP contribution in [0.3, 0.4) is 0 Å². The van der Waals surface area contributed by atoms with Crippen LogP contribution >= 0.6 is 0 Å². The summed E-state index contributed by atoms with van der Waals surface area (Å²) in [6.07, 6.45) is 0. The minimum Gasteiger partial charge on any atom is -0.383 e. The second kappa shape index (κ2) is 8.50. The van der Waals surface area contributed by atoms with Crippen LogP contribution in [0.2, 0.25) is 0 Å². The number of carbonyl (C=O) groups excluding carboxylic acids is 2. The van der Waals surface area contributed by atoms with E-state index in [1.165, 1.54) is 11.6 Å². The lowest BCUT2D eigenvalue weighted by molar-refractivity contribution is 0.101.